The van der Waals surface area contributed by atoms with E-state index < -0.39 is 6.10 Å². The Balaban J connectivity index is 2.00. The van der Waals surface area contributed by atoms with Crippen LogP contribution in [0.4, 0.5) is 0 Å². The number of carbonyl (C=O) groups is 2. The molecule has 3 unspecified atom stereocenters. The van der Waals surface area contributed by atoms with Crippen LogP contribution in [0.5, 0.6) is 0 Å². The van der Waals surface area contributed by atoms with E-state index in [0.29, 0.717) is 6.42 Å². The lowest BCUT2D eigenvalue weighted by Crippen LogP contribution is -2.39. The van der Waals surface area contributed by atoms with Crippen LogP contribution in [0, 0.1) is 11.8 Å². The molecule has 5 heteroatoms. The number of amides is 2. The van der Waals surface area contributed by atoms with Gasteiger partial charge in [0.05, 0.1) is 30.4 Å². The Morgan fingerprint density at radius 1 is 1.46 bits per heavy atom. The summed E-state index contributed by atoms with van der Waals surface area (Å²) < 4.78 is 0. The maximum absolute atomic E-state index is 11.4. The molecule has 13 heavy (non-hydrogen) atoms. The van der Waals surface area contributed by atoms with E-state index in [1.54, 1.807) is 0 Å². The van der Waals surface area contributed by atoms with Crippen molar-refractivity contribution in [1.82, 2.24) is 4.90 Å². The highest BCUT2D eigenvalue weighted by Crippen LogP contribution is 2.46. The van der Waals surface area contributed by atoms with E-state index in [0.717, 1.165) is 4.90 Å². The number of carbonyl (C=O) groups excluding carboxylic acids is 2. The Morgan fingerprint density at radius 3 is 2.46 bits per heavy atom. The lowest BCUT2D eigenvalue weighted by atomic mass is 10.3. The van der Waals surface area contributed by atoms with Gasteiger partial charge in [0.25, 0.3) is 0 Å². The third-order valence-corrected chi connectivity index (χ3v) is 2.88. The van der Waals surface area contributed by atoms with Gasteiger partial charge in [-0.3, -0.25) is 14.5 Å². The van der Waals surface area contributed by atoms with E-state index in [9.17, 15) is 14.7 Å². The number of hydrogen-bond donors (Lipinski definition) is 1. The summed E-state index contributed by atoms with van der Waals surface area (Å²) >= 11 is 5.37. The predicted molar refractivity (Wildman–Crippen MR) is 45.0 cm³/mol. The van der Waals surface area contributed by atoms with Crippen molar-refractivity contribution in [3.63, 3.8) is 0 Å². The average Bonchev–Trinajstić information content (AvgIpc) is 2.86. The second-order valence-electron chi connectivity index (χ2n) is 3.54. The SMILES string of the molecule is O=C1C2CC2C(=O)N1CC(O)CCl. The first-order valence-electron chi connectivity index (χ1n) is 4.24. The van der Waals surface area contributed by atoms with Crippen LogP contribution in [0.3, 0.4) is 0 Å². The number of nitrogens with zero attached hydrogens (tertiary/aromatic N) is 1. The van der Waals surface area contributed by atoms with Gasteiger partial charge in [-0.25, -0.2) is 0 Å². The molecule has 1 N–H and O–H groups in total. The molecule has 0 bridgehead atoms. The molecule has 1 aliphatic heterocycles. The quantitative estimate of drug-likeness (QED) is 0.501. The number of alkyl halides is 1. The van der Waals surface area contributed by atoms with Crippen LogP contribution in [0.15, 0.2) is 0 Å². The molecule has 2 amide bonds. The molecule has 0 spiro atoms. The van der Waals surface area contributed by atoms with Crippen molar-refractivity contribution in [2.75, 3.05) is 12.4 Å². The van der Waals surface area contributed by atoms with E-state index in [1.165, 1.54) is 0 Å². The predicted octanol–water partition coefficient (Wildman–Crippen LogP) is -0.409. The largest absolute Gasteiger partial charge is 0.390 e. The van der Waals surface area contributed by atoms with Crippen molar-refractivity contribution in [3.05, 3.63) is 0 Å². The van der Waals surface area contributed by atoms with E-state index in [4.69, 9.17) is 11.6 Å². The highest BCUT2D eigenvalue weighted by molar-refractivity contribution is 6.18. The highest BCUT2D eigenvalue weighted by atomic mass is 35.5. The van der Waals surface area contributed by atoms with Gasteiger partial charge in [0.15, 0.2) is 0 Å². The van der Waals surface area contributed by atoms with E-state index in [-0.39, 0.29) is 36.1 Å². The molecular weight excluding hydrogens is 194 g/mol. The summed E-state index contributed by atoms with van der Waals surface area (Å²) in [7, 11) is 0. The number of hydrogen-bond acceptors (Lipinski definition) is 3. The number of aliphatic hydroxyl groups is 1. The molecule has 1 heterocycles. The second kappa shape index (κ2) is 2.96. The molecule has 2 aliphatic rings. The van der Waals surface area contributed by atoms with Crippen molar-refractivity contribution in [3.8, 4) is 0 Å². The van der Waals surface area contributed by atoms with Gasteiger partial charge in [-0.2, -0.15) is 0 Å². The zero-order chi connectivity index (χ0) is 9.59. The lowest BCUT2D eigenvalue weighted by molar-refractivity contribution is -0.142. The monoisotopic (exact) mass is 203 g/mol. The first-order chi connectivity index (χ1) is 6.15. The Labute approximate surface area is 80.5 Å². The first kappa shape index (κ1) is 8.97. The van der Waals surface area contributed by atoms with Crippen LogP contribution >= 0.6 is 11.6 Å². The van der Waals surface area contributed by atoms with Crippen molar-refractivity contribution >= 4 is 23.4 Å². The van der Waals surface area contributed by atoms with Gasteiger partial charge in [-0.05, 0) is 6.42 Å². The van der Waals surface area contributed by atoms with Crippen LogP contribution in [-0.2, 0) is 9.59 Å². The van der Waals surface area contributed by atoms with E-state index in [2.05, 4.69) is 0 Å². The van der Waals surface area contributed by atoms with Crippen LogP contribution in [0.2, 0.25) is 0 Å². The number of likely N-dealkylation sites (tertiary alicyclic amines) is 1. The topological polar surface area (TPSA) is 57.6 Å². The van der Waals surface area contributed by atoms with Crippen molar-refractivity contribution in [2.45, 2.75) is 12.5 Å². The Kier molecular flexibility index (Phi) is 2.04. The number of imide groups is 1. The molecule has 1 saturated carbocycles. The molecular formula is C8H10ClNO3. The molecule has 0 aromatic carbocycles. The van der Waals surface area contributed by atoms with Crippen LogP contribution < -0.4 is 0 Å². The van der Waals surface area contributed by atoms with Crippen LogP contribution in [0.1, 0.15) is 6.42 Å². The standard InChI is InChI=1S/C8H10ClNO3/c9-2-4(11)3-10-7(12)5-1-6(5)8(10)13/h4-6,11H,1-3H2. The van der Waals surface area contributed by atoms with E-state index in [1.807, 2.05) is 0 Å². The number of rotatable bonds is 3. The Bertz CT molecular complexity index is 248. The highest BCUT2D eigenvalue weighted by Gasteiger charge is 2.58. The summed E-state index contributed by atoms with van der Waals surface area (Å²) in [5, 5.41) is 9.18. The fraction of sp³-hybridized carbons (Fsp3) is 0.750. The fourth-order valence-corrected chi connectivity index (χ4v) is 1.79. The first-order valence-corrected chi connectivity index (χ1v) is 4.78. The Hall–Kier alpha value is -0.610. The number of β-amino-alcohol motifs (C(OH)–C–C–N with tert-alkyl or cyclic N) is 1. The van der Waals surface area contributed by atoms with Gasteiger partial charge in [0, 0.05) is 0 Å². The maximum Gasteiger partial charge on any atom is 0.233 e. The zero-order valence-electron chi connectivity index (χ0n) is 6.94. The molecule has 1 saturated heterocycles. The molecule has 72 valence electrons. The van der Waals surface area contributed by atoms with Gasteiger partial charge in [0.1, 0.15) is 0 Å². The van der Waals surface area contributed by atoms with Gasteiger partial charge >= 0.3 is 0 Å². The Morgan fingerprint density at radius 2 is 2.00 bits per heavy atom. The van der Waals surface area contributed by atoms with Crippen molar-refractivity contribution < 1.29 is 14.7 Å². The molecule has 2 fully saturated rings. The number of fused-ring (bicyclic) bond motifs is 1. The van der Waals surface area contributed by atoms with Crippen LogP contribution in [-0.4, -0.2) is 40.3 Å². The average molecular weight is 204 g/mol. The molecule has 0 radical (unpaired) electrons. The number of halogens is 1. The normalized spacial score (nSPS) is 33.5. The molecule has 1 aliphatic carbocycles. The second-order valence-corrected chi connectivity index (χ2v) is 3.85. The summed E-state index contributed by atoms with van der Waals surface area (Å²) in [6.45, 7) is 0.0498. The van der Waals surface area contributed by atoms with Gasteiger partial charge < -0.3 is 5.11 Å². The smallest absolute Gasteiger partial charge is 0.233 e. The van der Waals surface area contributed by atoms with Crippen molar-refractivity contribution in [2.24, 2.45) is 11.8 Å². The molecule has 0 aromatic heterocycles. The molecule has 3 atom stereocenters. The van der Waals surface area contributed by atoms with Crippen molar-refractivity contribution in [1.29, 1.82) is 0 Å². The summed E-state index contributed by atoms with van der Waals surface area (Å²) in [4.78, 5) is 23.9. The summed E-state index contributed by atoms with van der Waals surface area (Å²) in [5.41, 5.74) is 0. The van der Waals surface area contributed by atoms with Crippen LogP contribution in [0.25, 0.3) is 0 Å². The fourth-order valence-electron chi connectivity index (χ4n) is 1.69. The summed E-state index contributed by atoms with van der Waals surface area (Å²) in [6, 6.07) is 0. The number of piperidine rings is 1. The maximum atomic E-state index is 11.4. The minimum absolute atomic E-state index is 0.0480. The van der Waals surface area contributed by atoms with Gasteiger partial charge in [-0.15, -0.1) is 11.6 Å². The zero-order valence-corrected chi connectivity index (χ0v) is 7.70. The third-order valence-electron chi connectivity index (χ3n) is 2.53. The minimum atomic E-state index is -0.799. The third kappa shape index (κ3) is 1.34. The minimum Gasteiger partial charge on any atom is -0.390 e. The van der Waals surface area contributed by atoms with Gasteiger partial charge in [0.2, 0.25) is 11.8 Å². The summed E-state index contributed by atoms with van der Waals surface area (Å²) in [6.07, 6.45) is -0.0995. The molecule has 0 aromatic rings. The van der Waals surface area contributed by atoms with E-state index >= 15 is 0 Å². The number of aliphatic hydroxyl groups excluding tert-OH is 1. The molecule has 2 rings (SSSR count). The lowest BCUT2D eigenvalue weighted by Gasteiger charge is -2.18. The van der Waals surface area contributed by atoms with Gasteiger partial charge in [-0.1, -0.05) is 0 Å². The summed E-state index contributed by atoms with van der Waals surface area (Å²) in [5.74, 6) is -0.407. The molecule has 4 nitrogen and oxygen atoms in total.